The molecule has 3 aromatic carbocycles. The average Bonchev–Trinajstić information content (AvgIpc) is 2.94. The fourth-order valence-corrected chi connectivity index (χ4v) is 7.27. The first-order chi connectivity index (χ1) is 19.8. The summed E-state index contributed by atoms with van der Waals surface area (Å²) in [7, 11) is -8.06. The smallest absolute Gasteiger partial charge is 0.305 e. The molecule has 0 aliphatic carbocycles. The molecule has 42 heavy (non-hydrogen) atoms. The van der Waals surface area contributed by atoms with Gasteiger partial charge in [-0.05, 0) is 50.2 Å². The van der Waals surface area contributed by atoms with Gasteiger partial charge in [0.15, 0.2) is 25.5 Å². The Morgan fingerprint density at radius 3 is 1.62 bits per heavy atom. The molecule has 1 amide bonds. The molecule has 0 aromatic heterocycles. The summed E-state index contributed by atoms with van der Waals surface area (Å²) >= 11 is 0. The summed E-state index contributed by atoms with van der Waals surface area (Å²) in [6, 6.07) is 17.7. The minimum atomic E-state index is -4.03. The van der Waals surface area contributed by atoms with Crippen molar-refractivity contribution in [1.29, 1.82) is 0 Å². The third-order valence-corrected chi connectivity index (χ3v) is 10.1. The third kappa shape index (κ3) is 9.33. The van der Waals surface area contributed by atoms with Crippen LogP contribution in [0.2, 0.25) is 0 Å². The lowest BCUT2D eigenvalue weighted by Gasteiger charge is -2.17. The number of ketones is 1. The van der Waals surface area contributed by atoms with Gasteiger partial charge in [-0.2, -0.15) is 0 Å². The zero-order valence-electron chi connectivity index (χ0n) is 23.3. The molecule has 3 rings (SSSR count). The number of aryl methyl sites for hydroxylation is 2. The Hall–Kier alpha value is -3.87. The summed E-state index contributed by atoms with van der Waals surface area (Å²) in [4.78, 5) is 36.5. The predicted molar refractivity (Wildman–Crippen MR) is 156 cm³/mol. The monoisotopic (exact) mass is 615 g/mol. The van der Waals surface area contributed by atoms with E-state index in [1.54, 1.807) is 38.1 Å². The first-order valence-corrected chi connectivity index (χ1v) is 16.4. The summed E-state index contributed by atoms with van der Waals surface area (Å²) < 4.78 is 58.2. The van der Waals surface area contributed by atoms with Crippen LogP contribution in [0.15, 0.2) is 82.6 Å². The lowest BCUT2D eigenvalue weighted by atomic mass is 9.99. The SMILES string of the molecule is Cc1ccc(S(=O)(=O)CC(CS(=O)(=O)c2ccc(C)cc2)C(=O)c2ccc(C(=O)NCCOCCC(=O)O)cc2)cc1. The zero-order valence-corrected chi connectivity index (χ0v) is 24.9. The van der Waals surface area contributed by atoms with Crippen LogP contribution in [0, 0.1) is 19.8 Å². The van der Waals surface area contributed by atoms with Crippen molar-refractivity contribution in [3.05, 3.63) is 95.1 Å². The second-order valence-corrected chi connectivity index (χ2v) is 13.9. The summed E-state index contributed by atoms with van der Waals surface area (Å²) in [6.45, 7) is 3.87. The van der Waals surface area contributed by atoms with E-state index in [-0.39, 0.29) is 47.1 Å². The summed E-state index contributed by atoms with van der Waals surface area (Å²) in [5, 5.41) is 11.2. The first-order valence-electron chi connectivity index (χ1n) is 13.1. The van der Waals surface area contributed by atoms with Gasteiger partial charge in [-0.1, -0.05) is 47.5 Å². The van der Waals surface area contributed by atoms with Crippen molar-refractivity contribution in [2.45, 2.75) is 30.1 Å². The number of carbonyl (C=O) groups is 3. The maximum atomic E-state index is 13.6. The maximum Gasteiger partial charge on any atom is 0.305 e. The highest BCUT2D eigenvalue weighted by molar-refractivity contribution is 7.92. The van der Waals surface area contributed by atoms with Gasteiger partial charge in [0.25, 0.3) is 5.91 Å². The highest BCUT2D eigenvalue weighted by atomic mass is 32.2. The average molecular weight is 616 g/mol. The van der Waals surface area contributed by atoms with E-state index in [0.29, 0.717) is 0 Å². The quantitative estimate of drug-likeness (QED) is 0.193. The molecule has 224 valence electrons. The van der Waals surface area contributed by atoms with Crippen molar-refractivity contribution in [1.82, 2.24) is 5.32 Å². The van der Waals surface area contributed by atoms with Crippen LogP contribution >= 0.6 is 0 Å². The Morgan fingerprint density at radius 2 is 1.17 bits per heavy atom. The first kappa shape index (κ1) is 32.6. The van der Waals surface area contributed by atoms with Crippen molar-refractivity contribution < 1.29 is 41.1 Å². The molecule has 0 radical (unpaired) electrons. The van der Waals surface area contributed by atoms with Gasteiger partial charge in [0.1, 0.15) is 0 Å². The number of hydrogen-bond donors (Lipinski definition) is 2. The molecule has 10 nitrogen and oxygen atoms in total. The number of sulfone groups is 2. The van der Waals surface area contributed by atoms with Crippen LogP contribution in [0.5, 0.6) is 0 Å². The number of hydrogen-bond acceptors (Lipinski definition) is 8. The number of nitrogens with one attached hydrogen (secondary N) is 1. The van der Waals surface area contributed by atoms with Crippen LogP contribution < -0.4 is 5.32 Å². The highest BCUT2D eigenvalue weighted by Gasteiger charge is 2.32. The number of Topliss-reactive ketones (excluding diaryl/α,β-unsaturated/α-hetero) is 1. The van der Waals surface area contributed by atoms with E-state index >= 15 is 0 Å². The van der Waals surface area contributed by atoms with E-state index < -0.39 is 54.8 Å². The van der Waals surface area contributed by atoms with Crippen LogP contribution in [-0.4, -0.2) is 70.9 Å². The zero-order chi connectivity index (χ0) is 30.9. The molecule has 0 bridgehead atoms. The maximum absolute atomic E-state index is 13.6. The van der Waals surface area contributed by atoms with Crippen molar-refractivity contribution >= 4 is 37.3 Å². The molecule has 2 N–H and O–H groups in total. The number of carbonyl (C=O) groups excluding carboxylic acids is 2. The number of ether oxygens (including phenoxy) is 1. The van der Waals surface area contributed by atoms with E-state index in [9.17, 15) is 31.2 Å². The van der Waals surface area contributed by atoms with Gasteiger partial charge in [-0.25, -0.2) is 16.8 Å². The number of aliphatic carboxylic acids is 1. The van der Waals surface area contributed by atoms with E-state index in [4.69, 9.17) is 9.84 Å². The molecule has 0 saturated heterocycles. The van der Waals surface area contributed by atoms with Gasteiger partial charge >= 0.3 is 5.97 Å². The fraction of sp³-hybridized carbons (Fsp3) is 0.300. The minimum Gasteiger partial charge on any atom is -0.481 e. The lowest BCUT2D eigenvalue weighted by Crippen LogP contribution is -2.31. The van der Waals surface area contributed by atoms with Crippen LogP contribution in [0.25, 0.3) is 0 Å². The fourth-order valence-electron chi connectivity index (χ4n) is 4.03. The van der Waals surface area contributed by atoms with Gasteiger partial charge in [-0.15, -0.1) is 0 Å². The Morgan fingerprint density at radius 1 is 0.714 bits per heavy atom. The highest BCUT2D eigenvalue weighted by Crippen LogP contribution is 2.23. The lowest BCUT2D eigenvalue weighted by molar-refractivity contribution is -0.138. The van der Waals surface area contributed by atoms with Crippen LogP contribution in [0.1, 0.15) is 38.3 Å². The van der Waals surface area contributed by atoms with E-state index in [2.05, 4.69) is 5.32 Å². The number of benzene rings is 3. The van der Waals surface area contributed by atoms with Crippen molar-refractivity contribution in [2.24, 2.45) is 5.92 Å². The Kier molecular flexibility index (Phi) is 11.1. The summed E-state index contributed by atoms with van der Waals surface area (Å²) in [5.41, 5.74) is 1.97. The Balaban J connectivity index is 1.79. The molecule has 0 unspecified atom stereocenters. The molecule has 0 heterocycles. The van der Waals surface area contributed by atoms with Crippen molar-refractivity contribution in [3.8, 4) is 0 Å². The predicted octanol–water partition coefficient (Wildman–Crippen LogP) is 3.27. The molecular weight excluding hydrogens is 582 g/mol. The molecule has 0 aliphatic heterocycles. The largest absolute Gasteiger partial charge is 0.481 e. The van der Waals surface area contributed by atoms with Gasteiger partial charge in [-0.3, -0.25) is 14.4 Å². The molecule has 12 heteroatoms. The van der Waals surface area contributed by atoms with Gasteiger partial charge in [0.2, 0.25) is 0 Å². The number of rotatable bonds is 15. The molecular formula is C30H33NO9S2. The minimum absolute atomic E-state index is 0.0161. The second-order valence-electron chi connectivity index (χ2n) is 9.84. The van der Waals surface area contributed by atoms with E-state index in [1.165, 1.54) is 48.5 Å². The number of carboxylic acids is 1. The van der Waals surface area contributed by atoms with Gasteiger partial charge in [0, 0.05) is 17.7 Å². The molecule has 0 fully saturated rings. The Labute approximate surface area is 245 Å². The Bertz CT molecular complexity index is 1540. The molecule has 0 aliphatic rings. The second kappa shape index (κ2) is 14.3. The van der Waals surface area contributed by atoms with Crippen molar-refractivity contribution in [2.75, 3.05) is 31.3 Å². The van der Waals surface area contributed by atoms with Crippen LogP contribution in [0.3, 0.4) is 0 Å². The third-order valence-electron chi connectivity index (χ3n) is 6.40. The number of amides is 1. The van der Waals surface area contributed by atoms with E-state index in [0.717, 1.165) is 11.1 Å². The van der Waals surface area contributed by atoms with Gasteiger partial charge in [0.05, 0.1) is 46.8 Å². The van der Waals surface area contributed by atoms with Crippen LogP contribution in [-0.2, 0) is 29.2 Å². The van der Waals surface area contributed by atoms with Crippen LogP contribution in [0.4, 0.5) is 0 Å². The molecule has 0 spiro atoms. The summed E-state index contributed by atoms with van der Waals surface area (Å²) in [6.07, 6.45) is -0.150. The number of carboxylic acid groups (broad SMARTS) is 1. The van der Waals surface area contributed by atoms with Crippen molar-refractivity contribution in [3.63, 3.8) is 0 Å². The van der Waals surface area contributed by atoms with E-state index in [1.807, 2.05) is 0 Å². The standard InChI is InChI=1S/C30H33NO9S2/c1-21-3-11-26(12-4-21)41(36,37)19-25(20-42(38,39)27-13-5-22(2)6-14-27)29(34)23-7-9-24(10-8-23)30(35)31-16-18-40-17-15-28(32)33/h3-14,25H,15-20H2,1-2H3,(H,31,35)(H,32,33). The molecule has 3 aromatic rings. The molecule has 0 saturated carbocycles. The topological polar surface area (TPSA) is 161 Å². The molecule has 0 atom stereocenters. The normalized spacial score (nSPS) is 11.8. The van der Waals surface area contributed by atoms with Gasteiger partial charge < -0.3 is 15.2 Å². The summed E-state index contributed by atoms with van der Waals surface area (Å²) in [5.74, 6) is -4.98.